The number of hydrogen-bond acceptors (Lipinski definition) is 5. The summed E-state index contributed by atoms with van der Waals surface area (Å²) in [5.41, 5.74) is -1.53. The lowest BCUT2D eigenvalue weighted by Crippen LogP contribution is -2.24. The van der Waals surface area contributed by atoms with Crippen LogP contribution in [0.1, 0.15) is 4.88 Å². The zero-order valence-corrected chi connectivity index (χ0v) is 8.30. The smallest absolute Gasteiger partial charge is 0.456 e. The molecule has 0 atom stereocenters. The highest BCUT2D eigenvalue weighted by Crippen LogP contribution is 2.27. The number of thiophene rings is 1. The van der Waals surface area contributed by atoms with Gasteiger partial charge in [-0.1, -0.05) is 6.07 Å². The molecule has 16 heavy (non-hydrogen) atoms. The summed E-state index contributed by atoms with van der Waals surface area (Å²) in [6.07, 6.45) is -5.24. The van der Waals surface area contributed by atoms with E-state index in [1.54, 1.807) is 0 Å². The van der Waals surface area contributed by atoms with Crippen molar-refractivity contribution < 1.29 is 23.1 Å². The number of ketones is 1. The Morgan fingerprint density at radius 3 is 2.44 bits per heavy atom. The number of carbonyl (C=O) groups excluding carboxylic acids is 1. The Labute approximate surface area is 91.0 Å². The molecular weight excluding hydrogens is 247 g/mol. The highest BCUT2D eigenvalue weighted by atomic mass is 32.1. The second-order valence-corrected chi connectivity index (χ2v) is 3.54. The van der Waals surface area contributed by atoms with Gasteiger partial charge >= 0.3 is 6.18 Å². The molecule has 0 amide bonds. The maximum Gasteiger partial charge on any atom is 0.456 e. The molecule has 0 saturated carbocycles. The van der Waals surface area contributed by atoms with Gasteiger partial charge in [0.05, 0.1) is 4.88 Å². The number of nitroso groups, excluding NO2 is 1. The predicted octanol–water partition coefficient (Wildman–Crippen LogP) is 2.87. The van der Waals surface area contributed by atoms with E-state index < -0.39 is 23.4 Å². The lowest BCUT2D eigenvalue weighted by atomic mass is 10.2. The Morgan fingerprint density at radius 2 is 2.06 bits per heavy atom. The molecule has 4 nitrogen and oxygen atoms in total. The van der Waals surface area contributed by atoms with E-state index in [4.69, 9.17) is 0 Å². The predicted molar refractivity (Wildman–Crippen MR) is 50.7 cm³/mol. The van der Waals surface area contributed by atoms with Crippen molar-refractivity contribution >= 4 is 22.9 Å². The molecule has 0 aliphatic carbocycles. The Bertz CT molecular complexity index is 436. The third kappa shape index (κ3) is 2.45. The van der Waals surface area contributed by atoms with Gasteiger partial charge in [0.2, 0.25) is 5.70 Å². The first-order valence-electron chi connectivity index (χ1n) is 3.80. The van der Waals surface area contributed by atoms with E-state index in [0.717, 1.165) is 11.3 Å². The number of aliphatic hydroxyl groups excluding tert-OH is 1. The van der Waals surface area contributed by atoms with Crippen LogP contribution in [0.3, 0.4) is 0 Å². The SMILES string of the molecule is O=N/C(C(=O)C(F)(F)F)=C(/O)c1cccs1. The van der Waals surface area contributed by atoms with Gasteiger partial charge in [0.1, 0.15) is 0 Å². The van der Waals surface area contributed by atoms with E-state index in [1.165, 1.54) is 17.5 Å². The van der Waals surface area contributed by atoms with Crippen LogP contribution in [0.5, 0.6) is 0 Å². The Kier molecular flexibility index (Phi) is 3.43. The van der Waals surface area contributed by atoms with E-state index in [9.17, 15) is 28.0 Å². The van der Waals surface area contributed by atoms with Crippen molar-refractivity contribution in [3.05, 3.63) is 33.0 Å². The maximum absolute atomic E-state index is 12.0. The van der Waals surface area contributed by atoms with Crippen LogP contribution in [0.2, 0.25) is 0 Å². The molecule has 0 radical (unpaired) electrons. The highest BCUT2D eigenvalue weighted by Gasteiger charge is 2.43. The first-order chi connectivity index (χ1) is 7.38. The highest BCUT2D eigenvalue weighted by molar-refractivity contribution is 7.11. The van der Waals surface area contributed by atoms with Crippen LogP contribution in [-0.4, -0.2) is 17.1 Å². The summed E-state index contributed by atoms with van der Waals surface area (Å²) in [7, 11) is 0. The Morgan fingerprint density at radius 1 is 1.44 bits per heavy atom. The molecule has 1 aromatic heterocycles. The lowest BCUT2D eigenvalue weighted by Gasteiger charge is -2.04. The molecule has 0 aliphatic heterocycles. The van der Waals surface area contributed by atoms with E-state index in [-0.39, 0.29) is 4.88 Å². The van der Waals surface area contributed by atoms with Crippen LogP contribution in [0, 0.1) is 4.91 Å². The van der Waals surface area contributed by atoms with Gasteiger partial charge in [-0.25, -0.2) is 0 Å². The minimum Gasteiger partial charge on any atom is -0.504 e. The molecule has 0 unspecified atom stereocenters. The first-order valence-corrected chi connectivity index (χ1v) is 4.68. The van der Waals surface area contributed by atoms with Crippen molar-refractivity contribution in [2.75, 3.05) is 0 Å². The summed E-state index contributed by atoms with van der Waals surface area (Å²) in [5, 5.41) is 12.7. The summed E-state index contributed by atoms with van der Waals surface area (Å²) < 4.78 is 36.0. The minimum atomic E-state index is -5.24. The molecule has 0 fully saturated rings. The number of hydrogen-bond donors (Lipinski definition) is 1. The summed E-state index contributed by atoms with van der Waals surface area (Å²) in [4.78, 5) is 20.8. The van der Waals surface area contributed by atoms with Gasteiger partial charge in [-0.2, -0.15) is 13.2 Å². The van der Waals surface area contributed by atoms with Crippen LogP contribution in [0.25, 0.3) is 5.76 Å². The van der Waals surface area contributed by atoms with Gasteiger partial charge in [-0.15, -0.1) is 16.2 Å². The van der Waals surface area contributed by atoms with Crippen LogP contribution in [-0.2, 0) is 4.79 Å². The molecule has 1 rings (SSSR count). The number of Topliss-reactive ketones (excluding diaryl/α,β-unsaturated/α-hetero) is 1. The summed E-state index contributed by atoms with van der Waals surface area (Å²) >= 11 is 0.876. The molecule has 1 heterocycles. The molecule has 1 N–H and O–H groups in total. The van der Waals surface area contributed by atoms with Gasteiger partial charge in [0.15, 0.2) is 5.76 Å². The topological polar surface area (TPSA) is 66.7 Å². The van der Waals surface area contributed by atoms with Crippen LogP contribution in [0.15, 0.2) is 28.4 Å². The van der Waals surface area contributed by atoms with Crippen molar-refractivity contribution in [1.82, 2.24) is 0 Å². The maximum atomic E-state index is 12.0. The third-order valence-corrected chi connectivity index (χ3v) is 2.42. The molecule has 0 bridgehead atoms. The average molecular weight is 251 g/mol. The van der Waals surface area contributed by atoms with Crippen molar-refractivity contribution in [3.63, 3.8) is 0 Å². The van der Waals surface area contributed by atoms with Gasteiger partial charge in [0.25, 0.3) is 5.78 Å². The molecule has 8 heteroatoms. The normalized spacial score (nSPS) is 13.2. The fraction of sp³-hybridized carbons (Fsp3) is 0.125. The standard InChI is InChI=1S/C8H4F3NO3S/c9-8(10,11)7(14)5(12-15)6(13)4-2-1-3-16-4/h1-3,13H/b6-5+. The first kappa shape index (κ1) is 12.4. The summed E-state index contributed by atoms with van der Waals surface area (Å²) in [6, 6.07) is 2.70. The number of allylic oxidation sites excluding steroid dienone is 1. The second kappa shape index (κ2) is 4.44. The molecule has 0 spiro atoms. The van der Waals surface area contributed by atoms with Gasteiger partial charge in [-0.05, 0) is 16.6 Å². The number of alkyl halides is 3. The Hall–Kier alpha value is -1.70. The zero-order chi connectivity index (χ0) is 12.3. The van der Waals surface area contributed by atoms with Crippen molar-refractivity contribution in [1.29, 1.82) is 0 Å². The molecule has 0 saturated heterocycles. The molecule has 0 aliphatic rings. The van der Waals surface area contributed by atoms with E-state index in [2.05, 4.69) is 0 Å². The molecule has 86 valence electrons. The average Bonchev–Trinajstić information content (AvgIpc) is 2.69. The van der Waals surface area contributed by atoms with Crippen LogP contribution >= 0.6 is 11.3 Å². The van der Waals surface area contributed by atoms with Gasteiger partial charge < -0.3 is 5.11 Å². The van der Waals surface area contributed by atoms with Crippen LogP contribution < -0.4 is 0 Å². The van der Waals surface area contributed by atoms with Crippen molar-refractivity contribution in [2.45, 2.75) is 6.18 Å². The summed E-state index contributed by atoms with van der Waals surface area (Å²) in [5.74, 6) is -3.53. The van der Waals surface area contributed by atoms with Crippen molar-refractivity contribution in [3.8, 4) is 0 Å². The number of halogens is 3. The van der Waals surface area contributed by atoms with Crippen LogP contribution in [0.4, 0.5) is 13.2 Å². The summed E-state index contributed by atoms with van der Waals surface area (Å²) in [6.45, 7) is 0. The molecular formula is C8H4F3NO3S. The van der Waals surface area contributed by atoms with Crippen molar-refractivity contribution in [2.24, 2.45) is 5.18 Å². The van der Waals surface area contributed by atoms with Gasteiger partial charge in [0, 0.05) is 0 Å². The zero-order valence-electron chi connectivity index (χ0n) is 7.49. The van der Waals surface area contributed by atoms with E-state index >= 15 is 0 Å². The quantitative estimate of drug-likeness (QED) is 0.510. The number of nitrogens with zero attached hydrogens (tertiary/aromatic N) is 1. The van der Waals surface area contributed by atoms with E-state index in [0.29, 0.717) is 0 Å². The number of carbonyl (C=O) groups is 1. The van der Waals surface area contributed by atoms with E-state index in [1.807, 2.05) is 5.18 Å². The number of aliphatic hydroxyl groups is 1. The van der Waals surface area contributed by atoms with Gasteiger partial charge in [-0.3, -0.25) is 4.79 Å². The Balaban J connectivity index is 3.21. The fourth-order valence-electron chi connectivity index (χ4n) is 0.856. The monoisotopic (exact) mass is 251 g/mol. The number of rotatable bonds is 3. The minimum absolute atomic E-state index is 0.0350. The third-order valence-electron chi connectivity index (χ3n) is 1.54. The lowest BCUT2D eigenvalue weighted by molar-refractivity contribution is -0.166. The largest absolute Gasteiger partial charge is 0.504 e. The fourth-order valence-corrected chi connectivity index (χ4v) is 1.53. The second-order valence-electron chi connectivity index (χ2n) is 2.59. The molecule has 1 aromatic rings. The molecule has 0 aromatic carbocycles.